The van der Waals surface area contributed by atoms with E-state index in [-0.39, 0.29) is 11.4 Å². The van der Waals surface area contributed by atoms with Gasteiger partial charge in [-0.1, -0.05) is 36.4 Å². The molecule has 0 aliphatic heterocycles. The number of rotatable bonds is 5. The quantitative estimate of drug-likeness (QED) is 0.308. The molecule has 0 saturated carbocycles. The van der Waals surface area contributed by atoms with Crippen LogP contribution >= 0.6 is 0 Å². The highest BCUT2D eigenvalue weighted by molar-refractivity contribution is 5.94. The van der Waals surface area contributed by atoms with Crippen molar-refractivity contribution in [2.75, 3.05) is 0 Å². The maximum Gasteiger partial charge on any atom is 0.289 e. The zero-order valence-corrected chi connectivity index (χ0v) is 15.1. The van der Waals surface area contributed by atoms with Gasteiger partial charge >= 0.3 is 0 Å². The van der Waals surface area contributed by atoms with E-state index in [9.17, 15) is 14.9 Å². The summed E-state index contributed by atoms with van der Waals surface area (Å²) in [5.74, 6) is -0.442. The molecule has 0 fully saturated rings. The molecule has 1 amide bonds. The predicted octanol–water partition coefficient (Wildman–Crippen LogP) is 3.90. The number of hydrogen-bond acceptors (Lipinski definition) is 5. The number of non-ortho nitro benzene ring substituents is 1. The minimum absolute atomic E-state index is 0.00938. The van der Waals surface area contributed by atoms with E-state index in [1.807, 2.05) is 42.5 Å². The summed E-state index contributed by atoms with van der Waals surface area (Å²) in [5, 5.41) is 23.7. The van der Waals surface area contributed by atoms with Gasteiger partial charge in [-0.15, -0.1) is 0 Å². The summed E-state index contributed by atoms with van der Waals surface area (Å²) in [5.41, 5.74) is 4.84. The molecule has 0 saturated heterocycles. The molecule has 0 aliphatic rings. The number of aromatic amines is 1. The molecule has 0 atom stereocenters. The highest BCUT2D eigenvalue weighted by Gasteiger charge is 2.11. The summed E-state index contributed by atoms with van der Waals surface area (Å²) in [6, 6.07) is 21.5. The van der Waals surface area contributed by atoms with E-state index in [0.717, 1.165) is 16.3 Å². The van der Waals surface area contributed by atoms with Crippen LogP contribution in [0.15, 0.2) is 77.9 Å². The van der Waals surface area contributed by atoms with Gasteiger partial charge in [0, 0.05) is 17.7 Å². The van der Waals surface area contributed by atoms with Crippen molar-refractivity contribution in [1.82, 2.24) is 15.6 Å². The van der Waals surface area contributed by atoms with Gasteiger partial charge in [-0.2, -0.15) is 10.2 Å². The number of hydrazone groups is 1. The van der Waals surface area contributed by atoms with Crippen molar-refractivity contribution in [3.63, 3.8) is 0 Å². The third-order valence-corrected chi connectivity index (χ3v) is 4.35. The Labute approximate surface area is 165 Å². The number of aromatic nitrogens is 2. The van der Waals surface area contributed by atoms with Crippen molar-refractivity contribution < 1.29 is 9.72 Å². The first-order chi connectivity index (χ1) is 14.1. The minimum Gasteiger partial charge on any atom is -0.272 e. The highest BCUT2D eigenvalue weighted by atomic mass is 16.6. The maximum atomic E-state index is 12.2. The second kappa shape index (κ2) is 7.73. The van der Waals surface area contributed by atoms with Crippen LogP contribution < -0.4 is 5.43 Å². The van der Waals surface area contributed by atoms with Crippen molar-refractivity contribution in [2.24, 2.45) is 5.10 Å². The van der Waals surface area contributed by atoms with Crippen LogP contribution in [0.2, 0.25) is 0 Å². The lowest BCUT2D eigenvalue weighted by molar-refractivity contribution is -0.384. The Hall–Kier alpha value is -4.33. The normalized spacial score (nSPS) is 11.0. The van der Waals surface area contributed by atoms with Gasteiger partial charge in [-0.05, 0) is 40.6 Å². The lowest BCUT2D eigenvalue weighted by Gasteiger charge is -2.00. The van der Waals surface area contributed by atoms with Crippen LogP contribution in [0.4, 0.5) is 5.69 Å². The first-order valence-electron chi connectivity index (χ1n) is 8.72. The zero-order chi connectivity index (χ0) is 20.2. The number of nitrogens with zero attached hydrogens (tertiary/aromatic N) is 3. The number of carbonyl (C=O) groups is 1. The smallest absolute Gasteiger partial charge is 0.272 e. The second-order valence-electron chi connectivity index (χ2n) is 6.28. The van der Waals surface area contributed by atoms with Gasteiger partial charge in [0.05, 0.1) is 16.8 Å². The van der Waals surface area contributed by atoms with Gasteiger partial charge in [0.1, 0.15) is 5.69 Å². The number of fused-ring (bicyclic) bond motifs is 1. The molecular weight excluding hydrogens is 370 g/mol. The van der Waals surface area contributed by atoms with Gasteiger partial charge < -0.3 is 0 Å². The molecular formula is C21H15N5O3. The Kier molecular flexibility index (Phi) is 4.81. The molecule has 0 unspecified atom stereocenters. The molecule has 29 heavy (non-hydrogen) atoms. The SMILES string of the molecule is O=C(N/N=C\c1ccc([N+](=O)[O-])cc1)c1cc(-c2ccc3ccccc3c2)n[nH]1. The number of carbonyl (C=O) groups excluding carboxylic acids is 1. The lowest BCUT2D eigenvalue weighted by Crippen LogP contribution is -2.17. The maximum absolute atomic E-state index is 12.2. The van der Waals surface area contributed by atoms with Crippen LogP contribution in [0.5, 0.6) is 0 Å². The summed E-state index contributed by atoms with van der Waals surface area (Å²) >= 11 is 0. The first kappa shape index (κ1) is 18.1. The lowest BCUT2D eigenvalue weighted by atomic mass is 10.1. The molecule has 1 aromatic heterocycles. The Morgan fingerprint density at radius 3 is 2.55 bits per heavy atom. The largest absolute Gasteiger partial charge is 0.289 e. The van der Waals surface area contributed by atoms with Crippen LogP contribution in [0.3, 0.4) is 0 Å². The van der Waals surface area contributed by atoms with E-state index in [1.54, 1.807) is 18.2 Å². The summed E-state index contributed by atoms with van der Waals surface area (Å²) < 4.78 is 0. The first-order valence-corrected chi connectivity index (χ1v) is 8.72. The third-order valence-electron chi connectivity index (χ3n) is 4.35. The minimum atomic E-state index is -0.478. The number of nitro benzene ring substituents is 1. The van der Waals surface area contributed by atoms with E-state index in [0.29, 0.717) is 11.3 Å². The number of H-pyrrole nitrogens is 1. The van der Waals surface area contributed by atoms with E-state index in [4.69, 9.17) is 0 Å². The van der Waals surface area contributed by atoms with Crippen LogP contribution in [0, 0.1) is 10.1 Å². The molecule has 4 rings (SSSR count). The van der Waals surface area contributed by atoms with Crippen LogP contribution in [-0.4, -0.2) is 27.2 Å². The molecule has 4 aromatic rings. The van der Waals surface area contributed by atoms with Crippen molar-refractivity contribution >= 4 is 28.6 Å². The van der Waals surface area contributed by atoms with Crippen LogP contribution in [0.25, 0.3) is 22.0 Å². The number of hydrogen-bond donors (Lipinski definition) is 2. The van der Waals surface area contributed by atoms with Gasteiger partial charge in [0.2, 0.25) is 0 Å². The molecule has 1 heterocycles. The zero-order valence-electron chi connectivity index (χ0n) is 15.1. The van der Waals surface area contributed by atoms with E-state index < -0.39 is 10.8 Å². The number of amides is 1. The van der Waals surface area contributed by atoms with Gasteiger partial charge in [0.25, 0.3) is 11.6 Å². The molecule has 8 nitrogen and oxygen atoms in total. The topological polar surface area (TPSA) is 113 Å². The summed E-state index contributed by atoms with van der Waals surface area (Å²) in [4.78, 5) is 22.4. The number of benzene rings is 3. The van der Waals surface area contributed by atoms with Crippen LogP contribution in [-0.2, 0) is 0 Å². The Morgan fingerprint density at radius 1 is 1.03 bits per heavy atom. The molecule has 8 heteroatoms. The Balaban J connectivity index is 1.44. The standard InChI is InChI=1S/C21H15N5O3/c27-21(25-22-13-14-5-9-18(10-6-14)26(28)29)20-12-19(23-24-20)17-8-7-15-3-1-2-4-16(15)11-17/h1-13H,(H,23,24)(H,25,27)/b22-13-. The molecule has 3 aromatic carbocycles. The van der Waals surface area contributed by atoms with Gasteiger partial charge in [-0.3, -0.25) is 20.0 Å². The summed E-state index contributed by atoms with van der Waals surface area (Å²) in [6.45, 7) is 0. The Bertz CT molecular complexity index is 1230. The average molecular weight is 385 g/mol. The van der Waals surface area contributed by atoms with E-state index >= 15 is 0 Å². The molecule has 0 bridgehead atoms. The van der Waals surface area contributed by atoms with Crippen molar-refractivity contribution in [2.45, 2.75) is 0 Å². The highest BCUT2D eigenvalue weighted by Crippen LogP contribution is 2.23. The third kappa shape index (κ3) is 4.01. The molecule has 0 aliphatic carbocycles. The average Bonchev–Trinajstić information content (AvgIpc) is 3.24. The van der Waals surface area contributed by atoms with Crippen molar-refractivity contribution in [3.8, 4) is 11.3 Å². The van der Waals surface area contributed by atoms with Crippen molar-refractivity contribution in [1.29, 1.82) is 0 Å². The van der Waals surface area contributed by atoms with E-state index in [1.165, 1.54) is 18.3 Å². The fourth-order valence-electron chi connectivity index (χ4n) is 2.84. The van der Waals surface area contributed by atoms with Gasteiger partial charge in [-0.25, -0.2) is 5.43 Å². The summed E-state index contributed by atoms with van der Waals surface area (Å²) in [6.07, 6.45) is 1.40. The number of nitro groups is 1. The summed E-state index contributed by atoms with van der Waals surface area (Å²) in [7, 11) is 0. The fourth-order valence-corrected chi connectivity index (χ4v) is 2.84. The van der Waals surface area contributed by atoms with Crippen LogP contribution in [0.1, 0.15) is 16.1 Å². The second-order valence-corrected chi connectivity index (χ2v) is 6.28. The fraction of sp³-hybridized carbons (Fsp3) is 0. The molecule has 0 spiro atoms. The van der Waals surface area contributed by atoms with Crippen molar-refractivity contribution in [3.05, 3.63) is 94.2 Å². The number of nitrogens with one attached hydrogen (secondary N) is 2. The Morgan fingerprint density at radius 2 is 1.79 bits per heavy atom. The van der Waals surface area contributed by atoms with E-state index in [2.05, 4.69) is 20.7 Å². The predicted molar refractivity (Wildman–Crippen MR) is 110 cm³/mol. The molecule has 142 valence electrons. The molecule has 2 N–H and O–H groups in total. The molecule has 0 radical (unpaired) electrons. The monoisotopic (exact) mass is 385 g/mol. The van der Waals surface area contributed by atoms with Gasteiger partial charge in [0.15, 0.2) is 0 Å².